The number of aliphatic imine (C=N–C) groups is 1. The van der Waals surface area contributed by atoms with Gasteiger partial charge in [0, 0.05) is 30.3 Å². The Hall–Kier alpha value is -3.67. The summed E-state index contributed by atoms with van der Waals surface area (Å²) in [5, 5.41) is 5.47. The highest BCUT2D eigenvalue weighted by molar-refractivity contribution is 5.95. The van der Waals surface area contributed by atoms with Gasteiger partial charge >= 0.3 is 0 Å². The molecule has 0 spiro atoms. The molecule has 0 radical (unpaired) electrons. The van der Waals surface area contributed by atoms with E-state index in [1.807, 2.05) is 30.3 Å². The summed E-state index contributed by atoms with van der Waals surface area (Å²) >= 11 is 0. The molecule has 4 aromatic rings. The van der Waals surface area contributed by atoms with Gasteiger partial charge in [0.15, 0.2) is 5.82 Å². The van der Waals surface area contributed by atoms with Crippen molar-refractivity contribution in [2.24, 2.45) is 4.99 Å². The van der Waals surface area contributed by atoms with E-state index in [1.54, 1.807) is 31.5 Å². The van der Waals surface area contributed by atoms with Crippen LogP contribution in [0.5, 0.6) is 0 Å². The van der Waals surface area contributed by atoms with Crippen molar-refractivity contribution >= 4 is 17.0 Å². The molecule has 0 aliphatic carbocycles. The number of nitrogens with zero attached hydrogens (tertiary/aromatic N) is 3. The van der Waals surface area contributed by atoms with Gasteiger partial charge in [-0.1, -0.05) is 36.4 Å². The van der Waals surface area contributed by atoms with E-state index < -0.39 is 17.2 Å². The Morgan fingerprint density at radius 3 is 2.50 bits per heavy atom. The molecule has 0 aliphatic heterocycles. The van der Waals surface area contributed by atoms with Gasteiger partial charge in [-0.2, -0.15) is 9.78 Å². The third kappa shape index (κ3) is 3.09. The Morgan fingerprint density at radius 2 is 1.75 bits per heavy atom. The van der Waals surface area contributed by atoms with Crippen molar-refractivity contribution in [1.82, 2.24) is 9.78 Å². The summed E-state index contributed by atoms with van der Waals surface area (Å²) in [6.07, 6.45) is 1.71. The summed E-state index contributed by atoms with van der Waals surface area (Å²) in [4.78, 5) is 17.0. The Kier molecular flexibility index (Phi) is 4.53. The Labute approximate surface area is 159 Å². The van der Waals surface area contributed by atoms with Crippen molar-refractivity contribution < 1.29 is 8.78 Å². The maximum absolute atomic E-state index is 14.4. The molecule has 0 saturated carbocycles. The highest BCUT2D eigenvalue weighted by Crippen LogP contribution is 2.26. The van der Waals surface area contributed by atoms with Gasteiger partial charge in [-0.3, -0.25) is 9.79 Å². The minimum atomic E-state index is -0.859. The van der Waals surface area contributed by atoms with E-state index >= 15 is 0 Å². The van der Waals surface area contributed by atoms with Crippen molar-refractivity contribution in [3.8, 4) is 16.9 Å². The van der Waals surface area contributed by atoms with E-state index in [4.69, 9.17) is 0 Å². The van der Waals surface area contributed by atoms with Gasteiger partial charge in [0.1, 0.15) is 11.5 Å². The summed E-state index contributed by atoms with van der Waals surface area (Å²) in [6.45, 7) is 0. The monoisotopic (exact) mass is 375 g/mol. The van der Waals surface area contributed by atoms with E-state index in [1.165, 1.54) is 6.07 Å². The zero-order chi connectivity index (χ0) is 19.7. The van der Waals surface area contributed by atoms with Gasteiger partial charge in [0.2, 0.25) is 0 Å². The summed E-state index contributed by atoms with van der Waals surface area (Å²) in [7, 11) is 1.68. The third-order valence-corrected chi connectivity index (χ3v) is 4.38. The Balaban J connectivity index is 2.05. The lowest BCUT2D eigenvalue weighted by molar-refractivity contribution is 0.571. The minimum Gasteiger partial charge on any atom is -0.296 e. The Morgan fingerprint density at radius 1 is 0.964 bits per heavy atom. The molecule has 28 heavy (non-hydrogen) atoms. The van der Waals surface area contributed by atoms with Crippen LogP contribution in [0.4, 0.5) is 8.78 Å². The zero-order valence-corrected chi connectivity index (χ0v) is 14.9. The highest BCUT2D eigenvalue weighted by atomic mass is 19.1. The predicted octanol–water partition coefficient (Wildman–Crippen LogP) is 4.38. The second-order valence-corrected chi connectivity index (χ2v) is 6.22. The Bertz CT molecular complexity index is 1280. The van der Waals surface area contributed by atoms with Gasteiger partial charge < -0.3 is 0 Å². The third-order valence-electron chi connectivity index (χ3n) is 4.38. The van der Waals surface area contributed by atoms with E-state index in [0.29, 0.717) is 16.5 Å². The highest BCUT2D eigenvalue weighted by Gasteiger charge is 2.16. The van der Waals surface area contributed by atoms with Crippen LogP contribution in [-0.2, 0) is 0 Å². The summed E-state index contributed by atoms with van der Waals surface area (Å²) in [5.74, 6) is -1.58. The first-order valence-electron chi connectivity index (χ1n) is 8.58. The fourth-order valence-electron chi connectivity index (χ4n) is 3.13. The van der Waals surface area contributed by atoms with Crippen molar-refractivity contribution in [3.05, 3.63) is 94.3 Å². The fraction of sp³-hybridized carbons (Fsp3) is 0.0455. The molecule has 1 heterocycles. The molecule has 4 rings (SSSR count). The lowest BCUT2D eigenvalue weighted by Gasteiger charge is -2.12. The normalized spacial score (nSPS) is 11.4. The number of hydrogen-bond donors (Lipinski definition) is 0. The second kappa shape index (κ2) is 7.15. The van der Waals surface area contributed by atoms with E-state index in [-0.39, 0.29) is 5.69 Å². The number of hydrogen-bond acceptors (Lipinski definition) is 3. The lowest BCUT2D eigenvalue weighted by Crippen LogP contribution is -2.23. The molecule has 138 valence electrons. The molecule has 4 nitrogen and oxygen atoms in total. The topological polar surface area (TPSA) is 47.2 Å². The molecule has 0 fully saturated rings. The SMILES string of the molecule is C/N=C\c1cccc(-c2nn(-c3ccc(F)cc3F)c(=O)c3ccccc23)c1. The lowest BCUT2D eigenvalue weighted by atomic mass is 10.0. The smallest absolute Gasteiger partial charge is 0.279 e. The maximum atomic E-state index is 14.4. The summed E-state index contributed by atoms with van der Waals surface area (Å²) in [5.41, 5.74) is 1.56. The first kappa shape index (κ1) is 17.7. The standard InChI is InChI=1S/C22H15F2N3O/c1-25-13-14-5-4-6-15(11-14)21-17-7-2-3-8-18(17)22(28)27(26-21)20-10-9-16(23)12-19(20)24/h2-13H,1H3/b25-13-. The van der Waals surface area contributed by atoms with Crippen molar-refractivity contribution in [3.63, 3.8) is 0 Å². The van der Waals surface area contributed by atoms with Crippen LogP contribution in [0.3, 0.4) is 0 Å². The van der Waals surface area contributed by atoms with Crippen LogP contribution in [0.25, 0.3) is 27.7 Å². The van der Waals surface area contributed by atoms with Crippen LogP contribution in [-0.4, -0.2) is 23.0 Å². The quantitative estimate of drug-likeness (QED) is 0.499. The van der Waals surface area contributed by atoms with Crippen molar-refractivity contribution in [2.45, 2.75) is 0 Å². The molecule has 1 aromatic heterocycles. The molecular formula is C22H15F2N3O. The zero-order valence-electron chi connectivity index (χ0n) is 14.9. The molecule has 0 bridgehead atoms. The second-order valence-electron chi connectivity index (χ2n) is 6.22. The number of benzene rings is 3. The molecule has 0 N–H and O–H groups in total. The van der Waals surface area contributed by atoms with Gasteiger partial charge in [-0.15, -0.1) is 0 Å². The molecule has 0 unspecified atom stereocenters. The van der Waals surface area contributed by atoms with E-state index in [0.717, 1.165) is 27.9 Å². The van der Waals surface area contributed by atoms with Crippen LogP contribution in [0.1, 0.15) is 5.56 Å². The predicted molar refractivity (Wildman–Crippen MR) is 106 cm³/mol. The number of rotatable bonds is 3. The molecule has 0 saturated heterocycles. The summed E-state index contributed by atoms with van der Waals surface area (Å²) in [6, 6.07) is 17.5. The minimum absolute atomic E-state index is 0.107. The fourth-order valence-corrected chi connectivity index (χ4v) is 3.13. The molecule has 0 atom stereocenters. The van der Waals surface area contributed by atoms with Crippen molar-refractivity contribution in [2.75, 3.05) is 7.05 Å². The van der Waals surface area contributed by atoms with Crippen LogP contribution in [0, 0.1) is 11.6 Å². The van der Waals surface area contributed by atoms with Gasteiger partial charge in [0.25, 0.3) is 5.56 Å². The average molecular weight is 375 g/mol. The van der Waals surface area contributed by atoms with Crippen molar-refractivity contribution in [1.29, 1.82) is 0 Å². The molecule has 6 heteroatoms. The van der Waals surface area contributed by atoms with Crippen LogP contribution in [0.15, 0.2) is 76.5 Å². The van der Waals surface area contributed by atoms with E-state index in [2.05, 4.69) is 10.1 Å². The largest absolute Gasteiger partial charge is 0.296 e. The molecule has 0 amide bonds. The number of aromatic nitrogens is 2. The number of fused-ring (bicyclic) bond motifs is 1. The van der Waals surface area contributed by atoms with Crippen LogP contribution in [0.2, 0.25) is 0 Å². The van der Waals surface area contributed by atoms with Gasteiger partial charge in [-0.25, -0.2) is 8.78 Å². The molecule has 0 aliphatic rings. The number of halogens is 2. The maximum Gasteiger partial charge on any atom is 0.279 e. The molecule has 3 aromatic carbocycles. The van der Waals surface area contributed by atoms with Gasteiger partial charge in [-0.05, 0) is 29.8 Å². The van der Waals surface area contributed by atoms with Gasteiger partial charge in [0.05, 0.1) is 11.1 Å². The van der Waals surface area contributed by atoms with Crippen LogP contribution < -0.4 is 5.56 Å². The van der Waals surface area contributed by atoms with E-state index in [9.17, 15) is 13.6 Å². The average Bonchev–Trinajstić information content (AvgIpc) is 2.70. The molecular weight excluding hydrogens is 360 g/mol. The first-order valence-corrected chi connectivity index (χ1v) is 8.58. The summed E-state index contributed by atoms with van der Waals surface area (Å²) < 4.78 is 28.7. The first-order chi connectivity index (χ1) is 13.6. The van der Waals surface area contributed by atoms with Crippen LogP contribution >= 0.6 is 0 Å².